The number of nitrogen functional groups attached to an aromatic ring is 1. The van der Waals surface area contributed by atoms with Crippen molar-refractivity contribution in [2.24, 2.45) is 0 Å². The van der Waals surface area contributed by atoms with Crippen molar-refractivity contribution in [2.45, 2.75) is 19.6 Å². The monoisotopic (exact) mass is 314 g/mol. The van der Waals surface area contributed by atoms with E-state index in [4.69, 9.17) is 5.73 Å². The van der Waals surface area contributed by atoms with Crippen molar-refractivity contribution in [3.05, 3.63) is 34.8 Å². The van der Waals surface area contributed by atoms with E-state index >= 15 is 0 Å². The average Bonchev–Trinajstić information content (AvgIpc) is 2.85. The van der Waals surface area contributed by atoms with Crippen LogP contribution in [0, 0.1) is 0 Å². The molecule has 1 aromatic heterocycles. The molecular formula is C12H12F2N4O2S. The van der Waals surface area contributed by atoms with Crippen LogP contribution in [0.3, 0.4) is 0 Å². The number of nitrogens with two attached hydrogens (primary N) is 1. The quantitative estimate of drug-likeness (QED) is 0.883. The molecule has 112 valence electrons. The van der Waals surface area contributed by atoms with E-state index < -0.39 is 18.6 Å². The Morgan fingerprint density at radius 2 is 2.19 bits per heavy atom. The molecule has 9 heteroatoms. The summed E-state index contributed by atoms with van der Waals surface area (Å²) in [4.78, 5) is 12.0. The van der Waals surface area contributed by atoms with Crippen LogP contribution in [0.4, 0.5) is 13.9 Å². The van der Waals surface area contributed by atoms with Gasteiger partial charge in [-0.3, -0.25) is 4.79 Å². The molecule has 0 bridgehead atoms. The molecule has 0 fully saturated rings. The molecular weight excluding hydrogens is 302 g/mol. The van der Waals surface area contributed by atoms with Gasteiger partial charge in [0.1, 0.15) is 10.8 Å². The van der Waals surface area contributed by atoms with Gasteiger partial charge in [0.25, 0.3) is 5.91 Å². The first kappa shape index (κ1) is 15.1. The van der Waals surface area contributed by atoms with Gasteiger partial charge in [-0.15, -0.1) is 10.2 Å². The number of hydrogen-bond donors (Lipinski definition) is 2. The number of alkyl halides is 2. The van der Waals surface area contributed by atoms with Gasteiger partial charge < -0.3 is 15.8 Å². The van der Waals surface area contributed by atoms with Crippen molar-refractivity contribution in [2.75, 3.05) is 5.73 Å². The normalized spacial score (nSPS) is 12.2. The van der Waals surface area contributed by atoms with Gasteiger partial charge in [-0.1, -0.05) is 17.4 Å². The molecule has 0 aliphatic heterocycles. The van der Waals surface area contributed by atoms with Crippen LogP contribution in [0.25, 0.3) is 0 Å². The molecule has 1 unspecified atom stereocenters. The number of carbonyl (C=O) groups excluding carboxylic acids is 1. The zero-order valence-corrected chi connectivity index (χ0v) is 11.7. The Balaban J connectivity index is 2.06. The zero-order chi connectivity index (χ0) is 15.4. The number of carbonyl (C=O) groups is 1. The number of benzene rings is 1. The third kappa shape index (κ3) is 4.09. The Bertz CT molecular complexity index is 635. The molecule has 0 spiro atoms. The molecule has 0 radical (unpaired) electrons. The Morgan fingerprint density at radius 1 is 1.43 bits per heavy atom. The van der Waals surface area contributed by atoms with Gasteiger partial charge in [-0.2, -0.15) is 8.78 Å². The van der Waals surface area contributed by atoms with E-state index in [0.29, 0.717) is 10.1 Å². The second-order valence-corrected chi connectivity index (χ2v) is 5.12. The second kappa shape index (κ2) is 6.44. The van der Waals surface area contributed by atoms with Gasteiger partial charge in [0.15, 0.2) is 0 Å². The van der Waals surface area contributed by atoms with Crippen LogP contribution in [-0.4, -0.2) is 22.7 Å². The summed E-state index contributed by atoms with van der Waals surface area (Å²) in [6.07, 6.45) is 0. The summed E-state index contributed by atoms with van der Waals surface area (Å²) >= 11 is 1.16. The fraction of sp³-hybridized carbons (Fsp3) is 0.250. The van der Waals surface area contributed by atoms with Gasteiger partial charge in [0.05, 0.1) is 6.04 Å². The van der Waals surface area contributed by atoms with Crippen LogP contribution in [0.5, 0.6) is 5.75 Å². The number of nitrogens with one attached hydrogen (secondary N) is 1. The first-order chi connectivity index (χ1) is 9.95. The molecule has 1 atom stereocenters. The smallest absolute Gasteiger partial charge is 0.387 e. The summed E-state index contributed by atoms with van der Waals surface area (Å²) < 4.78 is 28.5. The lowest BCUT2D eigenvalue weighted by Crippen LogP contribution is -2.26. The topological polar surface area (TPSA) is 90.1 Å². The highest BCUT2D eigenvalue weighted by molar-refractivity contribution is 7.15. The minimum atomic E-state index is -2.94. The largest absolute Gasteiger partial charge is 0.435 e. The SMILES string of the molecule is CC(NC(=O)c1cccc(OC(F)F)c1)c1nnc(N)s1. The van der Waals surface area contributed by atoms with Crippen molar-refractivity contribution >= 4 is 22.4 Å². The fourth-order valence-electron chi connectivity index (χ4n) is 1.58. The molecule has 1 heterocycles. The first-order valence-corrected chi connectivity index (χ1v) is 6.72. The van der Waals surface area contributed by atoms with Gasteiger partial charge in [0.2, 0.25) is 5.13 Å². The summed E-state index contributed by atoms with van der Waals surface area (Å²) in [5.41, 5.74) is 5.68. The van der Waals surface area contributed by atoms with E-state index in [0.717, 1.165) is 11.3 Å². The van der Waals surface area contributed by atoms with Crippen LogP contribution in [-0.2, 0) is 0 Å². The van der Waals surface area contributed by atoms with Gasteiger partial charge >= 0.3 is 6.61 Å². The van der Waals surface area contributed by atoms with E-state index in [9.17, 15) is 13.6 Å². The highest BCUT2D eigenvalue weighted by Gasteiger charge is 2.16. The number of rotatable bonds is 5. The predicted molar refractivity (Wildman–Crippen MR) is 73.3 cm³/mol. The molecule has 0 aliphatic rings. The zero-order valence-electron chi connectivity index (χ0n) is 10.9. The maximum absolute atomic E-state index is 12.1. The van der Waals surface area contributed by atoms with Gasteiger partial charge in [-0.25, -0.2) is 0 Å². The van der Waals surface area contributed by atoms with Crippen LogP contribution in [0.15, 0.2) is 24.3 Å². The van der Waals surface area contributed by atoms with Crippen molar-refractivity contribution in [1.29, 1.82) is 0 Å². The molecule has 2 rings (SSSR count). The maximum atomic E-state index is 12.1. The molecule has 0 aliphatic carbocycles. The number of nitrogens with zero attached hydrogens (tertiary/aromatic N) is 2. The number of halogens is 2. The van der Waals surface area contributed by atoms with E-state index in [1.807, 2.05) is 0 Å². The Morgan fingerprint density at radius 3 is 2.81 bits per heavy atom. The highest BCUT2D eigenvalue weighted by Crippen LogP contribution is 2.20. The molecule has 1 amide bonds. The molecule has 3 N–H and O–H groups in total. The van der Waals surface area contributed by atoms with E-state index in [1.165, 1.54) is 24.3 Å². The van der Waals surface area contributed by atoms with Crippen molar-refractivity contribution in [3.63, 3.8) is 0 Å². The molecule has 1 aromatic carbocycles. The van der Waals surface area contributed by atoms with Crippen LogP contribution >= 0.6 is 11.3 Å². The molecule has 2 aromatic rings. The number of amides is 1. The van der Waals surface area contributed by atoms with Crippen molar-refractivity contribution in [1.82, 2.24) is 15.5 Å². The molecule has 6 nitrogen and oxygen atoms in total. The summed E-state index contributed by atoms with van der Waals surface area (Å²) in [6.45, 7) is -1.22. The summed E-state index contributed by atoms with van der Waals surface area (Å²) in [6, 6.07) is 5.14. The molecule has 0 saturated heterocycles. The van der Waals surface area contributed by atoms with Crippen LogP contribution in [0.1, 0.15) is 28.3 Å². The van der Waals surface area contributed by atoms with Crippen LogP contribution in [0.2, 0.25) is 0 Å². The third-order valence-electron chi connectivity index (χ3n) is 2.50. The minimum absolute atomic E-state index is 0.0783. The Hall–Kier alpha value is -2.29. The number of aromatic nitrogens is 2. The summed E-state index contributed by atoms with van der Waals surface area (Å²) in [5, 5.41) is 11.0. The van der Waals surface area contributed by atoms with E-state index in [1.54, 1.807) is 6.92 Å². The predicted octanol–water partition coefficient (Wildman–Crippen LogP) is 2.21. The first-order valence-electron chi connectivity index (χ1n) is 5.90. The molecule has 0 saturated carbocycles. The average molecular weight is 314 g/mol. The lowest BCUT2D eigenvalue weighted by molar-refractivity contribution is -0.0498. The van der Waals surface area contributed by atoms with E-state index in [-0.39, 0.29) is 11.3 Å². The second-order valence-electron chi connectivity index (χ2n) is 4.08. The van der Waals surface area contributed by atoms with Crippen LogP contribution < -0.4 is 15.8 Å². The number of ether oxygens (including phenoxy) is 1. The summed E-state index contributed by atoms with van der Waals surface area (Å²) in [5.74, 6) is -0.513. The van der Waals surface area contributed by atoms with Gasteiger partial charge in [0, 0.05) is 5.56 Å². The lowest BCUT2D eigenvalue weighted by Gasteiger charge is -2.11. The van der Waals surface area contributed by atoms with Crippen molar-refractivity contribution < 1.29 is 18.3 Å². The highest BCUT2D eigenvalue weighted by atomic mass is 32.1. The van der Waals surface area contributed by atoms with Gasteiger partial charge in [-0.05, 0) is 25.1 Å². The Labute approximate surface area is 122 Å². The lowest BCUT2D eigenvalue weighted by atomic mass is 10.2. The molecule has 21 heavy (non-hydrogen) atoms. The third-order valence-corrected chi connectivity index (χ3v) is 3.43. The maximum Gasteiger partial charge on any atom is 0.387 e. The fourth-order valence-corrected chi connectivity index (χ4v) is 2.19. The minimum Gasteiger partial charge on any atom is -0.435 e. The summed E-state index contributed by atoms with van der Waals surface area (Å²) in [7, 11) is 0. The Kier molecular flexibility index (Phi) is 4.63. The number of hydrogen-bond acceptors (Lipinski definition) is 6. The van der Waals surface area contributed by atoms with E-state index in [2.05, 4.69) is 20.3 Å². The standard InChI is InChI=1S/C12H12F2N4O2S/c1-6(10-17-18-12(15)21-10)16-9(19)7-3-2-4-8(5-7)20-11(13)14/h2-6,11H,1H3,(H2,15,18)(H,16,19). The van der Waals surface area contributed by atoms with Crippen molar-refractivity contribution in [3.8, 4) is 5.75 Å². The number of anilines is 1.